The van der Waals surface area contributed by atoms with Gasteiger partial charge in [-0.15, -0.1) is 0 Å². The Hall–Kier alpha value is -0.130. The number of aliphatic hydroxyl groups is 1. The summed E-state index contributed by atoms with van der Waals surface area (Å²) in [5, 5.41) is 8.55. The number of hydrogen-bond donors (Lipinski definition) is 2. The van der Waals surface area contributed by atoms with Gasteiger partial charge < -0.3 is 5.11 Å². The number of aliphatic hydroxyl groups excluding tert-OH is 1. The Morgan fingerprint density at radius 3 is 2.36 bits per heavy atom. The monoisotopic (exact) mass is 221 g/mol. The van der Waals surface area contributed by atoms with Gasteiger partial charge in [-0.2, -0.15) is 0 Å². The van der Waals surface area contributed by atoms with Crippen molar-refractivity contribution in [3.05, 3.63) is 0 Å². The number of hydrogen-bond acceptors (Lipinski definition) is 3. The summed E-state index contributed by atoms with van der Waals surface area (Å²) in [6, 6.07) is 0.0859. The zero-order chi connectivity index (χ0) is 10.6. The molecular weight excluding hydrogens is 202 g/mol. The van der Waals surface area contributed by atoms with E-state index in [1.54, 1.807) is 0 Å². The van der Waals surface area contributed by atoms with Gasteiger partial charge in [0.2, 0.25) is 10.0 Å². The first-order chi connectivity index (χ1) is 6.53. The maximum absolute atomic E-state index is 11.3. The van der Waals surface area contributed by atoms with Crippen LogP contribution in [0.25, 0.3) is 0 Å². The Morgan fingerprint density at radius 1 is 1.29 bits per heavy atom. The summed E-state index contributed by atoms with van der Waals surface area (Å²) in [6.07, 6.45) is 4.02. The smallest absolute Gasteiger partial charge is 0.214 e. The third-order valence-corrected chi connectivity index (χ3v) is 4.13. The van der Waals surface area contributed by atoms with E-state index in [4.69, 9.17) is 5.11 Å². The average Bonchev–Trinajstić information content (AvgIpc) is 2.08. The van der Waals surface area contributed by atoms with Crippen LogP contribution in [0.5, 0.6) is 0 Å². The second-order valence-electron chi connectivity index (χ2n) is 4.12. The van der Waals surface area contributed by atoms with E-state index in [9.17, 15) is 8.42 Å². The first kappa shape index (κ1) is 11.9. The van der Waals surface area contributed by atoms with Crippen molar-refractivity contribution in [2.75, 3.05) is 12.4 Å². The molecule has 2 N–H and O–H groups in total. The van der Waals surface area contributed by atoms with Gasteiger partial charge in [0.25, 0.3) is 0 Å². The summed E-state index contributed by atoms with van der Waals surface area (Å²) in [5.41, 5.74) is 0. The van der Waals surface area contributed by atoms with Crippen LogP contribution in [0.1, 0.15) is 32.6 Å². The van der Waals surface area contributed by atoms with E-state index in [0.29, 0.717) is 5.92 Å². The second kappa shape index (κ2) is 5.09. The highest BCUT2D eigenvalue weighted by Gasteiger charge is 2.22. The standard InChI is InChI=1S/C9H19NO3S/c1-8-2-4-9(5-3-8)10-14(12,13)7-6-11/h8-11H,2-7H2,1H3. The predicted molar refractivity (Wildman–Crippen MR) is 55.4 cm³/mol. The molecule has 0 saturated heterocycles. The fourth-order valence-electron chi connectivity index (χ4n) is 1.81. The molecular formula is C9H19NO3S. The lowest BCUT2D eigenvalue weighted by atomic mass is 9.88. The predicted octanol–water partition coefficient (Wildman–Crippen LogP) is 0.477. The van der Waals surface area contributed by atoms with Crippen LogP contribution in [0.4, 0.5) is 0 Å². The number of rotatable bonds is 4. The third-order valence-electron chi connectivity index (χ3n) is 2.72. The summed E-state index contributed by atoms with van der Waals surface area (Å²) in [6.45, 7) is 1.89. The molecule has 0 heterocycles. The quantitative estimate of drug-likeness (QED) is 0.725. The van der Waals surface area contributed by atoms with Gasteiger partial charge >= 0.3 is 0 Å². The molecule has 0 radical (unpaired) electrons. The van der Waals surface area contributed by atoms with Gasteiger partial charge in [0.05, 0.1) is 12.4 Å². The lowest BCUT2D eigenvalue weighted by Gasteiger charge is -2.26. The van der Waals surface area contributed by atoms with Gasteiger partial charge in [-0.3, -0.25) is 0 Å². The highest BCUT2D eigenvalue weighted by atomic mass is 32.2. The Labute approximate surface area is 85.8 Å². The molecule has 0 amide bonds. The van der Waals surface area contributed by atoms with E-state index >= 15 is 0 Å². The Morgan fingerprint density at radius 2 is 1.86 bits per heavy atom. The van der Waals surface area contributed by atoms with Gasteiger partial charge in [0.15, 0.2) is 0 Å². The second-order valence-corrected chi connectivity index (χ2v) is 5.99. The van der Waals surface area contributed by atoms with Crippen molar-refractivity contribution in [3.8, 4) is 0 Å². The van der Waals surface area contributed by atoms with Crippen LogP contribution in [0.3, 0.4) is 0 Å². The van der Waals surface area contributed by atoms with Crippen LogP contribution in [-0.4, -0.2) is 31.9 Å². The molecule has 1 fully saturated rings. The van der Waals surface area contributed by atoms with E-state index in [-0.39, 0.29) is 18.4 Å². The van der Waals surface area contributed by atoms with Crippen molar-refractivity contribution in [2.24, 2.45) is 5.92 Å². The summed E-state index contributed by atoms with van der Waals surface area (Å²) in [7, 11) is -3.25. The third kappa shape index (κ3) is 3.94. The van der Waals surface area contributed by atoms with Crippen molar-refractivity contribution in [3.63, 3.8) is 0 Å². The van der Waals surface area contributed by atoms with Crippen molar-refractivity contribution in [2.45, 2.75) is 38.6 Å². The van der Waals surface area contributed by atoms with Gasteiger partial charge in [-0.05, 0) is 31.6 Å². The molecule has 0 aliphatic heterocycles. The minimum absolute atomic E-state index is 0.0859. The molecule has 5 heteroatoms. The summed E-state index contributed by atoms with van der Waals surface area (Å²) in [5.74, 6) is 0.535. The van der Waals surface area contributed by atoms with Crippen LogP contribution in [0, 0.1) is 5.92 Å². The van der Waals surface area contributed by atoms with E-state index in [1.165, 1.54) is 0 Å². The molecule has 1 aliphatic carbocycles. The van der Waals surface area contributed by atoms with E-state index in [2.05, 4.69) is 11.6 Å². The average molecular weight is 221 g/mol. The highest BCUT2D eigenvalue weighted by Crippen LogP contribution is 2.23. The Bertz CT molecular complexity index is 255. The molecule has 1 rings (SSSR count). The van der Waals surface area contributed by atoms with Crippen LogP contribution in [-0.2, 0) is 10.0 Å². The molecule has 0 spiro atoms. The Balaban J connectivity index is 2.37. The van der Waals surface area contributed by atoms with Gasteiger partial charge in [0, 0.05) is 6.04 Å². The lowest BCUT2D eigenvalue weighted by molar-refractivity contribution is 0.314. The van der Waals surface area contributed by atoms with Crippen LogP contribution >= 0.6 is 0 Å². The largest absolute Gasteiger partial charge is 0.395 e. The zero-order valence-electron chi connectivity index (χ0n) is 8.57. The van der Waals surface area contributed by atoms with E-state index in [0.717, 1.165) is 25.7 Å². The molecule has 0 atom stereocenters. The first-order valence-corrected chi connectivity index (χ1v) is 6.79. The van der Waals surface area contributed by atoms with Crippen molar-refractivity contribution < 1.29 is 13.5 Å². The van der Waals surface area contributed by atoms with Gasteiger partial charge in [-0.1, -0.05) is 6.92 Å². The molecule has 0 unspecified atom stereocenters. The molecule has 84 valence electrons. The minimum Gasteiger partial charge on any atom is -0.395 e. The Kier molecular flexibility index (Phi) is 4.34. The zero-order valence-corrected chi connectivity index (χ0v) is 9.39. The van der Waals surface area contributed by atoms with Gasteiger partial charge in [-0.25, -0.2) is 13.1 Å². The van der Waals surface area contributed by atoms with Crippen molar-refractivity contribution >= 4 is 10.0 Å². The summed E-state index contributed by atoms with van der Waals surface area (Å²) < 4.78 is 25.2. The SMILES string of the molecule is CC1CCC(NS(=O)(=O)CCO)CC1. The topological polar surface area (TPSA) is 66.4 Å². The van der Waals surface area contributed by atoms with Crippen LogP contribution < -0.4 is 4.72 Å². The first-order valence-electron chi connectivity index (χ1n) is 5.14. The fraction of sp³-hybridized carbons (Fsp3) is 1.00. The van der Waals surface area contributed by atoms with Crippen molar-refractivity contribution in [1.29, 1.82) is 0 Å². The molecule has 14 heavy (non-hydrogen) atoms. The lowest BCUT2D eigenvalue weighted by Crippen LogP contribution is -2.39. The molecule has 0 aromatic heterocycles. The molecule has 0 aromatic rings. The maximum Gasteiger partial charge on any atom is 0.214 e. The van der Waals surface area contributed by atoms with E-state index in [1.807, 2.05) is 0 Å². The molecule has 0 aromatic carbocycles. The van der Waals surface area contributed by atoms with Gasteiger partial charge in [0.1, 0.15) is 0 Å². The highest BCUT2D eigenvalue weighted by molar-refractivity contribution is 7.89. The van der Waals surface area contributed by atoms with Crippen molar-refractivity contribution in [1.82, 2.24) is 4.72 Å². The fourth-order valence-corrected chi connectivity index (χ4v) is 2.91. The molecule has 1 aliphatic rings. The minimum atomic E-state index is -3.25. The van der Waals surface area contributed by atoms with Crippen LogP contribution in [0.2, 0.25) is 0 Å². The summed E-state index contributed by atoms with van der Waals surface area (Å²) >= 11 is 0. The van der Waals surface area contributed by atoms with E-state index < -0.39 is 10.0 Å². The molecule has 0 bridgehead atoms. The number of sulfonamides is 1. The normalized spacial score (nSPS) is 29.0. The number of nitrogens with one attached hydrogen (secondary N) is 1. The molecule has 1 saturated carbocycles. The maximum atomic E-state index is 11.3. The van der Waals surface area contributed by atoms with Crippen LogP contribution in [0.15, 0.2) is 0 Å². The molecule has 4 nitrogen and oxygen atoms in total. The summed E-state index contributed by atoms with van der Waals surface area (Å²) in [4.78, 5) is 0.